The predicted molar refractivity (Wildman–Crippen MR) is 82.2 cm³/mol. The summed E-state index contributed by atoms with van der Waals surface area (Å²) in [6, 6.07) is 4.52. The first-order valence-electron chi connectivity index (χ1n) is 6.50. The summed E-state index contributed by atoms with van der Waals surface area (Å²) in [4.78, 5) is 3.65. The Balaban J connectivity index is 2.86. The average Bonchev–Trinajstić information content (AvgIpc) is 2.45. The van der Waals surface area contributed by atoms with E-state index < -0.39 is 12.5 Å². The summed E-state index contributed by atoms with van der Waals surface area (Å²) in [5.41, 5.74) is 5.20. The molecule has 0 amide bonds. The van der Waals surface area contributed by atoms with Crippen LogP contribution in [-0.2, 0) is 10.7 Å². The second kappa shape index (κ2) is 8.29. The van der Waals surface area contributed by atoms with Gasteiger partial charge in [-0.2, -0.15) is 8.78 Å². The van der Waals surface area contributed by atoms with Crippen LogP contribution in [0.1, 0.15) is 18.9 Å². The van der Waals surface area contributed by atoms with Gasteiger partial charge in [-0.15, -0.1) is 0 Å². The van der Waals surface area contributed by atoms with Crippen LogP contribution in [-0.4, -0.2) is 32.7 Å². The van der Waals surface area contributed by atoms with E-state index in [1.165, 1.54) is 19.2 Å². The van der Waals surface area contributed by atoms with Gasteiger partial charge in [-0.3, -0.25) is 4.99 Å². The Morgan fingerprint density at radius 2 is 2.14 bits per heavy atom. The molecule has 0 aliphatic heterocycles. The molecule has 0 atom stereocenters. The molecule has 4 nitrogen and oxygen atoms in total. The van der Waals surface area contributed by atoms with Gasteiger partial charge in [0, 0.05) is 11.5 Å². The molecule has 0 aromatic heterocycles. The van der Waals surface area contributed by atoms with Crippen molar-refractivity contribution in [1.29, 1.82) is 0 Å². The number of amidine groups is 1. The van der Waals surface area contributed by atoms with Gasteiger partial charge < -0.3 is 15.2 Å². The van der Waals surface area contributed by atoms with E-state index in [-0.39, 0.29) is 23.8 Å². The van der Waals surface area contributed by atoms with Crippen LogP contribution in [0.5, 0.6) is 5.75 Å². The number of rotatable bonds is 8. The number of halogens is 3. The van der Waals surface area contributed by atoms with Gasteiger partial charge in [-0.05, 0) is 24.6 Å². The molecule has 0 heterocycles. The minimum Gasteiger partial charge on any atom is -0.493 e. The van der Waals surface area contributed by atoms with Crippen LogP contribution < -0.4 is 10.5 Å². The first-order valence-corrected chi connectivity index (χ1v) is 7.29. The quantitative estimate of drug-likeness (QED) is 0.568. The summed E-state index contributed by atoms with van der Waals surface area (Å²) in [7, 11) is 1.47. The molecular formula is C14H19BrF2N2O2. The van der Waals surface area contributed by atoms with E-state index in [1.54, 1.807) is 6.07 Å². The maximum Gasteiger partial charge on any atom is 0.299 e. The Labute approximate surface area is 131 Å². The van der Waals surface area contributed by atoms with Gasteiger partial charge in [0.05, 0.1) is 12.2 Å². The Morgan fingerprint density at radius 1 is 1.43 bits per heavy atom. The van der Waals surface area contributed by atoms with E-state index in [1.807, 2.05) is 6.92 Å². The predicted octanol–water partition coefficient (Wildman–Crippen LogP) is 3.33. The van der Waals surface area contributed by atoms with Crippen molar-refractivity contribution in [2.45, 2.75) is 19.3 Å². The zero-order valence-corrected chi connectivity index (χ0v) is 13.6. The van der Waals surface area contributed by atoms with Crippen molar-refractivity contribution in [1.82, 2.24) is 0 Å². The molecule has 21 heavy (non-hydrogen) atoms. The Hall–Kier alpha value is -1.21. The number of hydrogen-bond acceptors (Lipinski definition) is 3. The SMILES string of the molecule is CCCOc1ccc(Br)cc1C(F)(F)COCC(N)=NC. The maximum absolute atomic E-state index is 14.3. The molecule has 0 bridgehead atoms. The molecule has 2 N–H and O–H groups in total. The number of hydrogen-bond donors (Lipinski definition) is 1. The standard InChI is InChI=1S/C14H19BrF2N2O2/c1-3-6-21-12-5-4-10(15)7-11(12)14(16,17)9-20-8-13(18)19-2/h4-5,7H,3,6,8-9H2,1-2H3,(H2,18,19). The first-order chi connectivity index (χ1) is 9.90. The van der Waals surface area contributed by atoms with Gasteiger partial charge >= 0.3 is 0 Å². The van der Waals surface area contributed by atoms with Crippen LogP contribution in [0.15, 0.2) is 27.7 Å². The lowest BCUT2D eigenvalue weighted by Gasteiger charge is -2.20. The molecule has 118 valence electrons. The van der Waals surface area contributed by atoms with Crippen LogP contribution in [0, 0.1) is 0 Å². The summed E-state index contributed by atoms with van der Waals surface area (Å²) >= 11 is 3.19. The Morgan fingerprint density at radius 3 is 2.76 bits per heavy atom. The normalized spacial score (nSPS) is 12.5. The number of ether oxygens (including phenoxy) is 2. The first kappa shape index (κ1) is 17.8. The second-order valence-corrected chi connectivity index (χ2v) is 5.32. The minimum absolute atomic E-state index is 0.134. The monoisotopic (exact) mass is 364 g/mol. The van der Waals surface area contributed by atoms with Crippen molar-refractivity contribution in [3.63, 3.8) is 0 Å². The van der Waals surface area contributed by atoms with E-state index in [0.29, 0.717) is 11.1 Å². The average molecular weight is 365 g/mol. The molecular weight excluding hydrogens is 346 g/mol. The van der Waals surface area contributed by atoms with E-state index in [0.717, 1.165) is 6.42 Å². The van der Waals surface area contributed by atoms with Crippen molar-refractivity contribution in [2.24, 2.45) is 10.7 Å². The summed E-state index contributed by atoms with van der Waals surface area (Å²) in [5, 5.41) is 0. The van der Waals surface area contributed by atoms with Crippen LogP contribution in [0.25, 0.3) is 0 Å². The third-order valence-corrected chi connectivity index (χ3v) is 3.11. The largest absolute Gasteiger partial charge is 0.493 e. The molecule has 0 saturated heterocycles. The number of nitrogens with zero attached hydrogens (tertiary/aromatic N) is 1. The van der Waals surface area contributed by atoms with E-state index in [2.05, 4.69) is 20.9 Å². The van der Waals surface area contributed by atoms with Crippen LogP contribution >= 0.6 is 15.9 Å². The highest BCUT2D eigenvalue weighted by Crippen LogP contribution is 2.37. The topological polar surface area (TPSA) is 56.8 Å². The Bertz CT molecular complexity index is 496. The molecule has 1 rings (SSSR count). The molecule has 7 heteroatoms. The van der Waals surface area contributed by atoms with Gasteiger partial charge in [0.25, 0.3) is 5.92 Å². The lowest BCUT2D eigenvalue weighted by molar-refractivity contribution is -0.0768. The van der Waals surface area contributed by atoms with Crippen molar-refractivity contribution < 1.29 is 18.3 Å². The fourth-order valence-electron chi connectivity index (χ4n) is 1.55. The number of alkyl halides is 2. The fraction of sp³-hybridized carbons (Fsp3) is 0.500. The minimum atomic E-state index is -3.18. The summed E-state index contributed by atoms with van der Waals surface area (Å²) in [6.07, 6.45) is 0.737. The van der Waals surface area contributed by atoms with Crippen LogP contribution in [0.2, 0.25) is 0 Å². The van der Waals surface area contributed by atoms with Crippen molar-refractivity contribution in [2.75, 3.05) is 26.9 Å². The maximum atomic E-state index is 14.3. The molecule has 1 aromatic carbocycles. The van der Waals surface area contributed by atoms with Crippen LogP contribution in [0.4, 0.5) is 8.78 Å². The highest BCUT2D eigenvalue weighted by Gasteiger charge is 2.35. The molecule has 0 radical (unpaired) electrons. The summed E-state index contributed by atoms with van der Waals surface area (Å²) in [5.74, 6) is -2.85. The summed E-state index contributed by atoms with van der Waals surface area (Å²) < 4.78 is 39.4. The van der Waals surface area contributed by atoms with E-state index in [9.17, 15) is 8.78 Å². The highest BCUT2D eigenvalue weighted by molar-refractivity contribution is 9.10. The third kappa shape index (κ3) is 5.59. The molecule has 1 aromatic rings. The van der Waals surface area contributed by atoms with E-state index in [4.69, 9.17) is 15.2 Å². The second-order valence-electron chi connectivity index (χ2n) is 4.40. The Kier molecular flexibility index (Phi) is 7.04. The lowest BCUT2D eigenvalue weighted by Crippen LogP contribution is -2.26. The van der Waals surface area contributed by atoms with Crippen LogP contribution in [0.3, 0.4) is 0 Å². The molecule has 0 fully saturated rings. The van der Waals surface area contributed by atoms with Crippen molar-refractivity contribution in [3.8, 4) is 5.75 Å². The molecule has 0 saturated carbocycles. The fourth-order valence-corrected chi connectivity index (χ4v) is 1.91. The molecule has 0 spiro atoms. The molecule has 0 aliphatic rings. The van der Waals surface area contributed by atoms with Gasteiger partial charge in [0.15, 0.2) is 0 Å². The molecule has 0 unspecified atom stereocenters. The highest BCUT2D eigenvalue weighted by atomic mass is 79.9. The van der Waals surface area contributed by atoms with Gasteiger partial charge in [0.1, 0.15) is 24.8 Å². The number of benzene rings is 1. The van der Waals surface area contributed by atoms with Gasteiger partial charge in [-0.1, -0.05) is 22.9 Å². The zero-order valence-electron chi connectivity index (χ0n) is 12.0. The van der Waals surface area contributed by atoms with Crippen molar-refractivity contribution in [3.05, 3.63) is 28.2 Å². The van der Waals surface area contributed by atoms with Gasteiger partial charge in [0.2, 0.25) is 0 Å². The molecule has 0 aliphatic carbocycles. The van der Waals surface area contributed by atoms with Gasteiger partial charge in [-0.25, -0.2) is 0 Å². The third-order valence-electron chi connectivity index (χ3n) is 2.62. The van der Waals surface area contributed by atoms with Crippen molar-refractivity contribution >= 4 is 21.8 Å². The number of nitrogens with two attached hydrogens (primary N) is 1. The number of aliphatic imine (C=N–C) groups is 1. The zero-order chi connectivity index (χ0) is 15.9. The smallest absolute Gasteiger partial charge is 0.299 e. The van der Waals surface area contributed by atoms with E-state index >= 15 is 0 Å². The lowest BCUT2D eigenvalue weighted by atomic mass is 10.1. The summed E-state index contributed by atoms with van der Waals surface area (Å²) in [6.45, 7) is 1.36.